The number of hydrogen-bond acceptors (Lipinski definition) is 3. The van der Waals surface area contributed by atoms with Gasteiger partial charge in [-0.05, 0) is 58.2 Å². The Morgan fingerprint density at radius 2 is 1.80 bits per heavy atom. The number of rotatable bonds is 6. The Kier molecular flexibility index (Phi) is 11.4. The van der Waals surface area contributed by atoms with Crippen LogP contribution in [0.4, 0.5) is 0 Å². The summed E-state index contributed by atoms with van der Waals surface area (Å²) in [4.78, 5) is 12.3. The highest BCUT2D eigenvalue weighted by Gasteiger charge is 2.29. The van der Waals surface area contributed by atoms with Crippen LogP contribution in [0, 0.1) is 0 Å². The fourth-order valence-corrected chi connectivity index (χ4v) is 4.44. The van der Waals surface area contributed by atoms with E-state index in [-0.39, 0.29) is 18.2 Å². The van der Waals surface area contributed by atoms with Gasteiger partial charge in [0, 0.05) is 6.42 Å². The van der Waals surface area contributed by atoms with E-state index in [2.05, 4.69) is 38.7 Å². The molecule has 0 bridgehead atoms. The van der Waals surface area contributed by atoms with Gasteiger partial charge in [-0.2, -0.15) is 0 Å². The molecule has 0 amide bonds. The molecule has 0 fully saturated rings. The van der Waals surface area contributed by atoms with Gasteiger partial charge < -0.3 is 9.16 Å². The zero-order chi connectivity index (χ0) is 18.5. The highest BCUT2D eigenvalue weighted by molar-refractivity contribution is 6.69. The van der Waals surface area contributed by atoms with Gasteiger partial charge in [0.15, 0.2) is 8.32 Å². The number of carbonyl (C=O) groups excluding carboxylic acids is 1. The van der Waals surface area contributed by atoms with E-state index >= 15 is 0 Å². The summed E-state index contributed by atoms with van der Waals surface area (Å²) >= 11 is 0. The second-order valence-corrected chi connectivity index (χ2v) is 12.8. The molecule has 3 nitrogen and oxygen atoms in total. The van der Waals surface area contributed by atoms with Crippen LogP contribution < -0.4 is 0 Å². The summed E-state index contributed by atoms with van der Waals surface area (Å²) in [6.07, 6.45) is 17.2. The molecule has 0 saturated carbocycles. The molecular formula is C21H40O3Si. The van der Waals surface area contributed by atoms with Gasteiger partial charge in [0.25, 0.3) is 0 Å². The molecule has 1 aliphatic rings. The minimum atomic E-state index is -1.69. The van der Waals surface area contributed by atoms with Gasteiger partial charge in [-0.25, -0.2) is 0 Å². The second-order valence-electron chi connectivity index (χ2n) is 8.31. The van der Waals surface area contributed by atoms with Crippen molar-refractivity contribution in [3.05, 3.63) is 12.2 Å². The molecule has 2 atom stereocenters. The van der Waals surface area contributed by atoms with Crippen molar-refractivity contribution in [3.8, 4) is 0 Å². The first-order chi connectivity index (χ1) is 11.9. The number of allylic oxidation sites excluding steroid dienone is 1. The molecule has 0 N–H and O–H groups in total. The Morgan fingerprint density at radius 1 is 1.08 bits per heavy atom. The molecule has 0 aromatic rings. The first-order valence-corrected chi connectivity index (χ1v) is 13.9. The summed E-state index contributed by atoms with van der Waals surface area (Å²) < 4.78 is 12.4. The molecule has 1 heterocycles. The van der Waals surface area contributed by atoms with Crippen molar-refractivity contribution in [2.75, 3.05) is 0 Å². The van der Waals surface area contributed by atoms with Crippen LogP contribution in [-0.4, -0.2) is 26.5 Å². The van der Waals surface area contributed by atoms with E-state index in [1.807, 2.05) is 0 Å². The van der Waals surface area contributed by atoms with E-state index < -0.39 is 8.32 Å². The van der Waals surface area contributed by atoms with Gasteiger partial charge in [0.05, 0.1) is 6.10 Å². The predicted octanol–water partition coefficient (Wildman–Crippen LogP) is 6.39. The lowest BCUT2D eigenvalue weighted by molar-refractivity contribution is -0.155. The third-order valence-electron chi connectivity index (χ3n) is 4.58. The zero-order valence-corrected chi connectivity index (χ0v) is 18.0. The molecule has 25 heavy (non-hydrogen) atoms. The summed E-state index contributed by atoms with van der Waals surface area (Å²) in [6, 6.07) is 0. The van der Waals surface area contributed by atoms with Crippen molar-refractivity contribution >= 4 is 14.3 Å². The molecule has 146 valence electrons. The van der Waals surface area contributed by atoms with Crippen molar-refractivity contribution in [1.29, 1.82) is 0 Å². The van der Waals surface area contributed by atoms with Crippen molar-refractivity contribution in [2.45, 2.75) is 116 Å². The molecule has 0 aliphatic carbocycles. The summed E-state index contributed by atoms with van der Waals surface area (Å²) in [7, 11) is -1.69. The average molecular weight is 369 g/mol. The van der Waals surface area contributed by atoms with E-state index in [1.54, 1.807) is 0 Å². The Balaban J connectivity index is 2.83. The lowest BCUT2D eigenvalue weighted by Gasteiger charge is -2.32. The number of unbranched alkanes of at least 4 members (excludes halogenated alkanes) is 2. The standard InChI is InChI=1S/C21H40O3Si/c1-5-6-13-16-19-20(24-25(2,3)4)17-14-11-9-7-8-10-12-15-18-21(22)23-19/h11,14,19-20H,5-10,12-13,15-18H2,1-4H3/b14-11-/t19-,20-/m0/s1. The third kappa shape index (κ3) is 11.6. The fraction of sp³-hybridized carbons (Fsp3) is 0.857. The number of hydrogen-bond donors (Lipinski definition) is 0. The number of ether oxygens (including phenoxy) is 1. The summed E-state index contributed by atoms with van der Waals surface area (Å²) in [5, 5.41) is 0. The largest absolute Gasteiger partial charge is 0.460 e. The van der Waals surface area contributed by atoms with Crippen LogP contribution in [0.2, 0.25) is 19.6 Å². The van der Waals surface area contributed by atoms with Crippen molar-refractivity contribution in [2.24, 2.45) is 0 Å². The lowest BCUT2D eigenvalue weighted by atomic mass is 10.0. The van der Waals surface area contributed by atoms with Crippen LogP contribution in [0.1, 0.15) is 84.0 Å². The maximum Gasteiger partial charge on any atom is 0.306 e. The highest BCUT2D eigenvalue weighted by Crippen LogP contribution is 2.22. The Bertz CT molecular complexity index is 387. The zero-order valence-electron chi connectivity index (χ0n) is 17.0. The van der Waals surface area contributed by atoms with E-state index in [1.165, 1.54) is 32.1 Å². The van der Waals surface area contributed by atoms with E-state index in [9.17, 15) is 4.79 Å². The molecule has 0 aromatic heterocycles. The summed E-state index contributed by atoms with van der Waals surface area (Å²) in [5.41, 5.74) is 0. The highest BCUT2D eigenvalue weighted by atomic mass is 28.4. The van der Waals surface area contributed by atoms with Gasteiger partial charge in [0.1, 0.15) is 6.10 Å². The quantitative estimate of drug-likeness (QED) is 0.236. The molecule has 0 aromatic carbocycles. The molecular weight excluding hydrogens is 328 g/mol. The number of carbonyl (C=O) groups is 1. The van der Waals surface area contributed by atoms with Crippen LogP contribution in [-0.2, 0) is 14.0 Å². The van der Waals surface area contributed by atoms with Gasteiger partial charge in [0.2, 0.25) is 0 Å². The molecule has 0 spiro atoms. The van der Waals surface area contributed by atoms with Crippen LogP contribution in [0.15, 0.2) is 12.2 Å². The molecule has 0 unspecified atom stereocenters. The van der Waals surface area contributed by atoms with Crippen LogP contribution in [0.25, 0.3) is 0 Å². The number of esters is 1. The van der Waals surface area contributed by atoms with Gasteiger partial charge >= 0.3 is 5.97 Å². The van der Waals surface area contributed by atoms with Crippen LogP contribution >= 0.6 is 0 Å². The predicted molar refractivity (Wildman–Crippen MR) is 108 cm³/mol. The Morgan fingerprint density at radius 3 is 2.52 bits per heavy atom. The average Bonchev–Trinajstić information content (AvgIpc) is 2.53. The summed E-state index contributed by atoms with van der Waals surface area (Å²) in [5.74, 6) is -0.0355. The lowest BCUT2D eigenvalue weighted by Crippen LogP contribution is -2.41. The van der Waals surface area contributed by atoms with Crippen LogP contribution in [0.3, 0.4) is 0 Å². The first kappa shape index (κ1) is 22.4. The Hall–Kier alpha value is -0.613. The van der Waals surface area contributed by atoms with Gasteiger partial charge in [-0.15, -0.1) is 0 Å². The molecule has 0 saturated heterocycles. The normalized spacial score (nSPS) is 25.8. The Labute approximate surface area is 156 Å². The smallest absolute Gasteiger partial charge is 0.306 e. The van der Waals surface area contributed by atoms with Gasteiger partial charge in [-0.3, -0.25) is 4.79 Å². The first-order valence-electron chi connectivity index (χ1n) is 10.4. The van der Waals surface area contributed by atoms with Crippen LogP contribution in [0.5, 0.6) is 0 Å². The third-order valence-corrected chi connectivity index (χ3v) is 5.59. The van der Waals surface area contributed by atoms with E-state index in [4.69, 9.17) is 9.16 Å². The van der Waals surface area contributed by atoms with Crippen molar-refractivity contribution in [1.82, 2.24) is 0 Å². The fourth-order valence-electron chi connectivity index (χ4n) is 3.28. The SMILES string of the molecule is CCCCC[C@@H]1OC(=O)CCCCCCC/C=C\C[C@@H]1O[Si](C)(C)C. The second kappa shape index (κ2) is 12.7. The topological polar surface area (TPSA) is 35.5 Å². The molecule has 4 heteroatoms. The van der Waals surface area contributed by atoms with Crippen molar-refractivity contribution in [3.63, 3.8) is 0 Å². The minimum Gasteiger partial charge on any atom is -0.460 e. The maximum absolute atomic E-state index is 12.3. The molecule has 1 rings (SSSR count). The number of cyclic esters (lactones) is 1. The van der Waals surface area contributed by atoms with E-state index in [0.717, 1.165) is 38.5 Å². The molecule has 0 radical (unpaired) electrons. The monoisotopic (exact) mass is 368 g/mol. The summed E-state index contributed by atoms with van der Waals surface area (Å²) in [6.45, 7) is 8.85. The van der Waals surface area contributed by atoms with E-state index in [0.29, 0.717) is 6.42 Å². The minimum absolute atomic E-state index is 0.00617. The maximum atomic E-state index is 12.3. The van der Waals surface area contributed by atoms with Gasteiger partial charge in [-0.1, -0.05) is 51.2 Å². The molecule has 1 aliphatic heterocycles. The van der Waals surface area contributed by atoms with Crippen molar-refractivity contribution < 1.29 is 14.0 Å².